The molecule has 2 amide bonds. The maximum atomic E-state index is 13.1. The number of amides is 2. The van der Waals surface area contributed by atoms with Crippen molar-refractivity contribution in [3.63, 3.8) is 0 Å². The quantitative estimate of drug-likeness (QED) is 0.439. The SMILES string of the molecule is COc1ccc(C(=O)Nc2ccc(N3CCC(Cc4ccccc4)CC3)c(C(=O)NC(C)C)c2)cc1. The van der Waals surface area contributed by atoms with Crippen LogP contribution in [0.2, 0.25) is 0 Å². The summed E-state index contributed by atoms with van der Waals surface area (Å²) in [6.07, 6.45) is 3.25. The van der Waals surface area contributed by atoms with Gasteiger partial charge in [-0.3, -0.25) is 9.59 Å². The Bertz CT molecular complexity index is 1170. The van der Waals surface area contributed by atoms with E-state index in [-0.39, 0.29) is 17.9 Å². The minimum atomic E-state index is -0.234. The van der Waals surface area contributed by atoms with Gasteiger partial charge in [-0.15, -0.1) is 0 Å². The molecule has 2 N–H and O–H groups in total. The highest BCUT2D eigenvalue weighted by Crippen LogP contribution is 2.30. The van der Waals surface area contributed by atoms with E-state index in [1.807, 2.05) is 26.0 Å². The van der Waals surface area contributed by atoms with E-state index in [1.165, 1.54) is 5.56 Å². The molecule has 0 aliphatic carbocycles. The fourth-order valence-corrected chi connectivity index (χ4v) is 4.68. The number of nitrogens with one attached hydrogen (secondary N) is 2. The third-order valence-electron chi connectivity index (χ3n) is 6.59. The van der Waals surface area contributed by atoms with Crippen LogP contribution in [0.15, 0.2) is 72.8 Å². The molecule has 6 nitrogen and oxygen atoms in total. The number of ether oxygens (including phenoxy) is 1. The highest BCUT2D eigenvalue weighted by Gasteiger charge is 2.24. The molecule has 4 rings (SSSR count). The normalized spacial score (nSPS) is 13.9. The summed E-state index contributed by atoms with van der Waals surface area (Å²) in [6.45, 7) is 5.69. The summed E-state index contributed by atoms with van der Waals surface area (Å²) in [4.78, 5) is 28.2. The summed E-state index contributed by atoms with van der Waals surface area (Å²) in [5.74, 6) is 0.963. The molecule has 36 heavy (non-hydrogen) atoms. The van der Waals surface area contributed by atoms with Crippen LogP contribution in [-0.2, 0) is 6.42 Å². The van der Waals surface area contributed by atoms with E-state index < -0.39 is 0 Å². The zero-order valence-electron chi connectivity index (χ0n) is 21.3. The second-order valence-corrected chi connectivity index (χ2v) is 9.66. The first kappa shape index (κ1) is 25.3. The molecular weight excluding hydrogens is 450 g/mol. The van der Waals surface area contributed by atoms with Crippen LogP contribution in [0, 0.1) is 5.92 Å². The second kappa shape index (κ2) is 11.8. The zero-order chi connectivity index (χ0) is 25.5. The Morgan fingerprint density at radius 1 is 0.944 bits per heavy atom. The van der Waals surface area contributed by atoms with Gasteiger partial charge in [0.15, 0.2) is 0 Å². The lowest BCUT2D eigenvalue weighted by molar-refractivity contribution is 0.0942. The maximum Gasteiger partial charge on any atom is 0.255 e. The lowest BCUT2D eigenvalue weighted by Crippen LogP contribution is -2.37. The molecule has 0 bridgehead atoms. The third kappa shape index (κ3) is 6.45. The Labute approximate surface area is 213 Å². The molecule has 1 aliphatic heterocycles. The Morgan fingerprint density at radius 3 is 2.28 bits per heavy atom. The summed E-state index contributed by atoms with van der Waals surface area (Å²) < 4.78 is 5.17. The van der Waals surface area contributed by atoms with Gasteiger partial charge in [0.1, 0.15) is 5.75 Å². The van der Waals surface area contributed by atoms with Crippen molar-refractivity contribution in [3.05, 3.63) is 89.5 Å². The van der Waals surface area contributed by atoms with Crippen LogP contribution >= 0.6 is 0 Å². The van der Waals surface area contributed by atoms with Crippen LogP contribution in [0.3, 0.4) is 0 Å². The molecular formula is C30H35N3O3. The molecule has 0 saturated carbocycles. The number of piperidine rings is 1. The van der Waals surface area contributed by atoms with Gasteiger partial charge in [0.2, 0.25) is 0 Å². The number of rotatable bonds is 8. The van der Waals surface area contributed by atoms with Crippen molar-refractivity contribution < 1.29 is 14.3 Å². The predicted octanol–water partition coefficient (Wildman–Crippen LogP) is 5.54. The first-order valence-corrected chi connectivity index (χ1v) is 12.6. The number of anilines is 2. The average Bonchev–Trinajstić information content (AvgIpc) is 2.89. The van der Waals surface area contributed by atoms with E-state index in [1.54, 1.807) is 37.4 Å². The van der Waals surface area contributed by atoms with Crippen molar-refractivity contribution in [2.75, 3.05) is 30.4 Å². The summed E-state index contributed by atoms with van der Waals surface area (Å²) >= 11 is 0. The molecule has 1 fully saturated rings. The molecule has 0 spiro atoms. The maximum absolute atomic E-state index is 13.1. The smallest absolute Gasteiger partial charge is 0.255 e. The fraction of sp³-hybridized carbons (Fsp3) is 0.333. The van der Waals surface area contributed by atoms with E-state index in [0.717, 1.165) is 38.0 Å². The van der Waals surface area contributed by atoms with Crippen molar-refractivity contribution in [1.82, 2.24) is 5.32 Å². The molecule has 0 radical (unpaired) electrons. The highest BCUT2D eigenvalue weighted by atomic mass is 16.5. The number of nitrogens with zero attached hydrogens (tertiary/aromatic N) is 1. The van der Waals surface area contributed by atoms with Crippen LogP contribution in [0.5, 0.6) is 5.75 Å². The predicted molar refractivity (Wildman–Crippen MR) is 145 cm³/mol. The molecule has 0 unspecified atom stereocenters. The van der Waals surface area contributed by atoms with E-state index in [9.17, 15) is 9.59 Å². The fourth-order valence-electron chi connectivity index (χ4n) is 4.68. The van der Waals surface area contributed by atoms with E-state index in [4.69, 9.17) is 4.74 Å². The number of benzene rings is 3. The lowest BCUT2D eigenvalue weighted by Gasteiger charge is -2.35. The molecule has 1 heterocycles. The van der Waals surface area contributed by atoms with E-state index >= 15 is 0 Å². The van der Waals surface area contributed by atoms with Crippen molar-refractivity contribution in [2.45, 2.75) is 39.2 Å². The van der Waals surface area contributed by atoms with Gasteiger partial charge in [-0.25, -0.2) is 0 Å². The third-order valence-corrected chi connectivity index (χ3v) is 6.59. The second-order valence-electron chi connectivity index (χ2n) is 9.66. The van der Waals surface area contributed by atoms with Gasteiger partial charge in [0.05, 0.1) is 12.7 Å². The Balaban J connectivity index is 1.49. The average molecular weight is 486 g/mol. The van der Waals surface area contributed by atoms with Crippen molar-refractivity contribution >= 4 is 23.2 Å². The number of hydrogen-bond donors (Lipinski definition) is 2. The Kier molecular flexibility index (Phi) is 8.26. The Morgan fingerprint density at radius 2 is 1.64 bits per heavy atom. The minimum absolute atomic E-state index is 0.0134. The highest BCUT2D eigenvalue weighted by molar-refractivity contribution is 6.06. The molecule has 0 atom stereocenters. The Hall–Kier alpha value is -3.80. The molecule has 0 aromatic heterocycles. The molecule has 3 aromatic rings. The van der Waals surface area contributed by atoms with Crippen molar-refractivity contribution in [1.29, 1.82) is 0 Å². The van der Waals surface area contributed by atoms with Crippen LogP contribution in [0.4, 0.5) is 11.4 Å². The standard InChI is InChI=1S/C30H35N3O3/c1-21(2)31-30(35)27-20-25(32-29(34)24-9-12-26(36-3)13-10-24)11-14-28(27)33-17-15-23(16-18-33)19-22-7-5-4-6-8-22/h4-14,20-21,23H,15-19H2,1-3H3,(H,31,35)(H,32,34). The van der Waals surface area contributed by atoms with Crippen molar-refractivity contribution in [3.8, 4) is 5.75 Å². The summed E-state index contributed by atoms with van der Waals surface area (Å²) in [5.41, 5.74) is 3.98. The summed E-state index contributed by atoms with van der Waals surface area (Å²) in [6, 6.07) is 23.2. The monoisotopic (exact) mass is 485 g/mol. The largest absolute Gasteiger partial charge is 0.497 e. The van der Waals surface area contributed by atoms with Crippen LogP contribution < -0.4 is 20.3 Å². The van der Waals surface area contributed by atoms with E-state index in [2.05, 4.69) is 45.9 Å². The van der Waals surface area contributed by atoms with E-state index in [0.29, 0.717) is 28.5 Å². The van der Waals surface area contributed by atoms with Gasteiger partial charge < -0.3 is 20.3 Å². The first-order chi connectivity index (χ1) is 17.4. The van der Waals surface area contributed by atoms with Gasteiger partial charge in [0.25, 0.3) is 11.8 Å². The van der Waals surface area contributed by atoms with Gasteiger partial charge in [-0.2, -0.15) is 0 Å². The van der Waals surface area contributed by atoms with Crippen LogP contribution in [0.1, 0.15) is 53.0 Å². The number of carbonyl (C=O) groups excluding carboxylic acids is 2. The lowest BCUT2D eigenvalue weighted by atomic mass is 9.89. The zero-order valence-corrected chi connectivity index (χ0v) is 21.3. The van der Waals surface area contributed by atoms with Gasteiger partial charge in [0, 0.05) is 36.1 Å². The molecule has 1 saturated heterocycles. The number of carbonyl (C=O) groups is 2. The summed E-state index contributed by atoms with van der Waals surface area (Å²) in [7, 11) is 1.59. The van der Waals surface area contributed by atoms with Crippen LogP contribution in [-0.4, -0.2) is 38.1 Å². The minimum Gasteiger partial charge on any atom is -0.497 e. The summed E-state index contributed by atoms with van der Waals surface area (Å²) in [5, 5.41) is 5.94. The topological polar surface area (TPSA) is 70.7 Å². The first-order valence-electron chi connectivity index (χ1n) is 12.6. The van der Waals surface area contributed by atoms with Crippen LogP contribution in [0.25, 0.3) is 0 Å². The van der Waals surface area contributed by atoms with Gasteiger partial charge >= 0.3 is 0 Å². The van der Waals surface area contributed by atoms with Gasteiger partial charge in [-0.05, 0) is 87.1 Å². The molecule has 6 heteroatoms. The molecule has 188 valence electrons. The molecule has 1 aliphatic rings. The number of hydrogen-bond acceptors (Lipinski definition) is 4. The van der Waals surface area contributed by atoms with Gasteiger partial charge in [-0.1, -0.05) is 30.3 Å². The van der Waals surface area contributed by atoms with Crippen molar-refractivity contribution in [2.24, 2.45) is 5.92 Å². The molecule has 3 aromatic carbocycles. The number of methoxy groups -OCH3 is 1.